The van der Waals surface area contributed by atoms with Crippen LogP contribution in [0.5, 0.6) is 0 Å². The van der Waals surface area contributed by atoms with Crippen molar-refractivity contribution in [2.24, 2.45) is 17.8 Å². The van der Waals surface area contributed by atoms with E-state index in [4.69, 9.17) is 52.1 Å². The molecule has 3 aliphatic heterocycles. The first-order valence-electron chi connectivity index (χ1n) is 21.7. The van der Waals surface area contributed by atoms with Crippen molar-refractivity contribution in [3.8, 4) is 0 Å². The van der Waals surface area contributed by atoms with Gasteiger partial charge in [0.1, 0.15) is 42.2 Å². The molecule has 16 atom stereocenters. The number of aliphatic hydroxyl groups is 2. The van der Waals surface area contributed by atoms with Gasteiger partial charge in [-0.15, -0.1) is 0 Å². The highest BCUT2D eigenvalue weighted by atomic mass is 16.7. The first-order chi connectivity index (χ1) is 29.0. The van der Waals surface area contributed by atoms with Crippen molar-refractivity contribution >= 4 is 23.9 Å². The zero-order valence-corrected chi connectivity index (χ0v) is 39.2. The van der Waals surface area contributed by atoms with Crippen LogP contribution in [-0.2, 0) is 71.3 Å². The van der Waals surface area contributed by atoms with Crippen molar-refractivity contribution in [3.63, 3.8) is 0 Å². The molecule has 0 saturated carbocycles. The number of nitrogens with zero attached hydrogens (tertiary/aromatic N) is 1. The van der Waals surface area contributed by atoms with Gasteiger partial charge in [0, 0.05) is 60.9 Å². The van der Waals surface area contributed by atoms with Crippen molar-refractivity contribution in [2.75, 3.05) is 35.4 Å². The number of hydrogen-bond donors (Lipinski definition) is 2. The lowest BCUT2D eigenvalue weighted by atomic mass is 9.81. The Morgan fingerprint density at radius 1 is 0.919 bits per heavy atom. The summed E-state index contributed by atoms with van der Waals surface area (Å²) in [6.07, 6.45) is -8.38. The van der Waals surface area contributed by atoms with Gasteiger partial charge < -0.3 is 67.2 Å². The number of methoxy groups -OCH3 is 3. The molecule has 2 saturated heterocycles. The van der Waals surface area contributed by atoms with Gasteiger partial charge in [0.05, 0.1) is 30.8 Å². The van der Waals surface area contributed by atoms with Crippen LogP contribution in [0.15, 0.2) is 12.2 Å². The zero-order valence-electron chi connectivity index (χ0n) is 39.2. The van der Waals surface area contributed by atoms with E-state index in [0.29, 0.717) is 12.8 Å². The maximum absolute atomic E-state index is 13.4. The van der Waals surface area contributed by atoms with Crippen LogP contribution >= 0.6 is 0 Å². The topological polar surface area (TPSA) is 214 Å². The van der Waals surface area contributed by atoms with Crippen molar-refractivity contribution in [3.05, 3.63) is 12.2 Å². The van der Waals surface area contributed by atoms with Gasteiger partial charge in [-0.2, -0.15) is 0 Å². The number of cyclic esters (lactones) is 1. The molecular weight excluding hydrogens is 814 g/mol. The minimum absolute atomic E-state index is 0.0454. The smallest absolute Gasteiger partial charge is 0.309 e. The molecular formula is C44H75NO17. The summed E-state index contributed by atoms with van der Waals surface area (Å²) in [5.41, 5.74) is -1.51. The summed E-state index contributed by atoms with van der Waals surface area (Å²) in [6, 6.07) is -0.781. The van der Waals surface area contributed by atoms with E-state index in [1.165, 1.54) is 35.2 Å². The first kappa shape index (κ1) is 53.6. The normalized spacial score (nSPS) is 38.2. The molecule has 0 aliphatic carbocycles. The second-order valence-corrected chi connectivity index (χ2v) is 17.9. The second kappa shape index (κ2) is 24.5. The highest BCUT2D eigenvalue weighted by molar-refractivity contribution is 5.72. The average Bonchev–Trinajstić information content (AvgIpc) is 3.14. The van der Waals surface area contributed by atoms with Gasteiger partial charge in [-0.1, -0.05) is 26.8 Å². The highest BCUT2D eigenvalue weighted by Crippen LogP contribution is 2.38. The molecule has 1 unspecified atom stereocenters. The third-order valence-corrected chi connectivity index (χ3v) is 11.6. The van der Waals surface area contributed by atoms with Crippen LogP contribution in [0, 0.1) is 17.8 Å². The number of carbonyl (C=O) groups excluding carboxylic acids is 4. The number of rotatable bonds is 15. The number of carbonyl (C=O) groups is 4. The average molecular weight is 890 g/mol. The summed E-state index contributed by atoms with van der Waals surface area (Å²) in [7, 11) is 7.90. The molecule has 0 aromatic rings. The largest absolute Gasteiger partial charge is 0.462 e. The Hall–Kier alpha value is -2.78. The van der Waals surface area contributed by atoms with Gasteiger partial charge in [0.2, 0.25) is 0 Å². The second-order valence-electron chi connectivity index (χ2n) is 17.9. The van der Waals surface area contributed by atoms with Gasteiger partial charge in [0.15, 0.2) is 25.0 Å². The highest BCUT2D eigenvalue weighted by Gasteiger charge is 2.53. The van der Waals surface area contributed by atoms with Crippen LogP contribution in [0.1, 0.15) is 101 Å². The lowest BCUT2D eigenvalue weighted by Gasteiger charge is -2.50. The maximum Gasteiger partial charge on any atom is 0.309 e. The van der Waals surface area contributed by atoms with E-state index < -0.39 is 121 Å². The van der Waals surface area contributed by atoms with Crippen LogP contribution in [0.25, 0.3) is 0 Å². The molecule has 0 radical (unpaired) electrons. The van der Waals surface area contributed by atoms with E-state index in [2.05, 4.69) is 0 Å². The van der Waals surface area contributed by atoms with E-state index in [1.807, 2.05) is 20.8 Å². The lowest BCUT2D eigenvalue weighted by Crippen LogP contribution is -2.66. The third-order valence-electron chi connectivity index (χ3n) is 11.6. The minimum Gasteiger partial charge on any atom is -0.462 e. The SMILES string of the molecule is COC(C[C@H]1C[C@@H](C)[C@@H](OC(C)=O)/C=C/C[C@@H](C)OC(=O)C[C@@H](OC(C)=O)[C@H](OC)C1O[C@@H]1O[C@H](C)[C@@H](O[C@H]2C[C@@](C)(O)[C@@H](OC(=O)CC(C)C)[C@H](C)O2)[C@H](N(C)C)[C@H]1O)OC. The van der Waals surface area contributed by atoms with Crippen molar-refractivity contribution in [2.45, 2.75) is 192 Å². The summed E-state index contributed by atoms with van der Waals surface area (Å²) in [6.45, 7) is 15.0. The van der Waals surface area contributed by atoms with Gasteiger partial charge in [-0.3, -0.25) is 19.2 Å². The zero-order chi connectivity index (χ0) is 46.6. The molecule has 358 valence electrons. The molecule has 0 amide bonds. The Kier molecular flexibility index (Phi) is 21.2. The molecule has 0 bridgehead atoms. The van der Waals surface area contributed by atoms with Crippen LogP contribution in [-0.4, -0.2) is 166 Å². The fraction of sp³-hybridized carbons (Fsp3) is 0.864. The molecule has 3 aliphatic rings. The van der Waals surface area contributed by atoms with E-state index in [-0.39, 0.29) is 37.5 Å². The summed E-state index contributed by atoms with van der Waals surface area (Å²) >= 11 is 0. The first-order valence-corrected chi connectivity index (χ1v) is 21.7. The summed E-state index contributed by atoms with van der Waals surface area (Å²) in [5, 5.41) is 23.8. The van der Waals surface area contributed by atoms with E-state index in [1.54, 1.807) is 58.8 Å². The molecule has 0 aromatic carbocycles. The predicted molar refractivity (Wildman–Crippen MR) is 222 cm³/mol. The molecule has 2 fully saturated rings. The molecule has 2 N–H and O–H groups in total. The molecule has 3 heterocycles. The Balaban J connectivity index is 2.07. The van der Waals surface area contributed by atoms with Gasteiger partial charge >= 0.3 is 23.9 Å². The monoisotopic (exact) mass is 890 g/mol. The summed E-state index contributed by atoms with van der Waals surface area (Å²) in [4.78, 5) is 52.8. The molecule has 62 heavy (non-hydrogen) atoms. The standard InChI is InChI=1S/C44H75NO17/c1-23(2)18-33(48)60-42-27(6)56-36(22-44(42,9)51)61-39-26(5)57-43(38(50)37(39)45(10)11)62-40-30(20-35(52-12)53-13)19-24(3)31(58-28(7)46)17-15-16-25(4)55-34(49)21-32(41(40)54-14)59-29(8)47/h15,17,23-27,30-32,35-43,50-51H,16,18-22H2,1-14H3/b17-15+/t24-,25-,26-,27+,30-,31+,32-,36+,37-,38-,39-,40?,41+,42+,43+,44-/m1/s1. The number of likely N-dealkylation sites (N-methyl/N-ethyl adjacent to an activating group) is 1. The third kappa shape index (κ3) is 15.4. The Morgan fingerprint density at radius 3 is 2.11 bits per heavy atom. The fourth-order valence-electron chi connectivity index (χ4n) is 8.71. The quantitative estimate of drug-likeness (QED) is 0.104. The van der Waals surface area contributed by atoms with Gasteiger partial charge in [0.25, 0.3) is 0 Å². The summed E-state index contributed by atoms with van der Waals surface area (Å²) in [5.74, 6) is -3.15. The molecule has 18 heteroatoms. The van der Waals surface area contributed by atoms with Gasteiger partial charge in [-0.05, 0) is 72.0 Å². The van der Waals surface area contributed by atoms with Crippen LogP contribution in [0.4, 0.5) is 0 Å². The predicted octanol–water partition coefficient (Wildman–Crippen LogP) is 3.45. The van der Waals surface area contributed by atoms with Crippen LogP contribution < -0.4 is 0 Å². The van der Waals surface area contributed by atoms with Crippen LogP contribution in [0.3, 0.4) is 0 Å². The van der Waals surface area contributed by atoms with E-state index in [0.717, 1.165) is 0 Å². The Labute approximate surface area is 367 Å². The van der Waals surface area contributed by atoms with Crippen molar-refractivity contribution in [1.29, 1.82) is 0 Å². The van der Waals surface area contributed by atoms with Crippen LogP contribution in [0.2, 0.25) is 0 Å². The number of esters is 4. The summed E-state index contributed by atoms with van der Waals surface area (Å²) < 4.78 is 66.4. The molecule has 3 rings (SSSR count). The number of hydrogen-bond acceptors (Lipinski definition) is 18. The van der Waals surface area contributed by atoms with E-state index in [9.17, 15) is 29.4 Å². The van der Waals surface area contributed by atoms with Crippen molar-refractivity contribution in [1.82, 2.24) is 4.90 Å². The van der Waals surface area contributed by atoms with Crippen molar-refractivity contribution < 1.29 is 81.5 Å². The molecule has 18 nitrogen and oxygen atoms in total. The van der Waals surface area contributed by atoms with Gasteiger partial charge in [-0.25, -0.2) is 0 Å². The van der Waals surface area contributed by atoms with E-state index >= 15 is 0 Å². The fourth-order valence-corrected chi connectivity index (χ4v) is 8.71. The molecule has 0 aromatic heterocycles. The molecule has 0 spiro atoms. The Bertz CT molecular complexity index is 1450. The Morgan fingerprint density at radius 2 is 1.56 bits per heavy atom. The minimum atomic E-state index is -1.51. The maximum atomic E-state index is 13.4. The number of ether oxygens (including phenoxy) is 11. The lowest BCUT2D eigenvalue weighted by molar-refractivity contribution is -0.345. The number of aliphatic hydroxyl groups excluding tert-OH is 1.